The van der Waals surface area contributed by atoms with Gasteiger partial charge in [0.2, 0.25) is 0 Å². The SMILES string of the molecule is Cc1onc(-c2ccccc2Cl)c1C(=O)NN1CCC(N(Cc2ccc(CNCc3ccccn3)cc2)Cc2ccccn2)CC1. The maximum absolute atomic E-state index is 13.4. The molecule has 9 nitrogen and oxygen atoms in total. The number of hydrazine groups is 1. The molecule has 0 saturated carbocycles. The molecule has 0 spiro atoms. The van der Waals surface area contributed by atoms with Crippen LogP contribution < -0.4 is 10.7 Å². The van der Waals surface area contributed by atoms with Crippen LogP contribution in [0.25, 0.3) is 11.3 Å². The predicted molar refractivity (Wildman–Crippen MR) is 178 cm³/mol. The molecule has 0 bridgehead atoms. The minimum atomic E-state index is -0.243. The maximum Gasteiger partial charge on any atom is 0.271 e. The third-order valence-corrected chi connectivity index (χ3v) is 8.65. The van der Waals surface area contributed by atoms with Crippen molar-refractivity contribution >= 4 is 17.5 Å². The number of nitrogens with one attached hydrogen (secondary N) is 2. The van der Waals surface area contributed by atoms with Crippen molar-refractivity contribution in [2.24, 2.45) is 0 Å². The molecule has 2 N–H and O–H groups in total. The molecule has 0 aliphatic carbocycles. The number of benzene rings is 2. The van der Waals surface area contributed by atoms with E-state index in [0.29, 0.717) is 33.6 Å². The van der Waals surface area contributed by atoms with Crippen molar-refractivity contribution in [2.75, 3.05) is 13.1 Å². The molecule has 1 fully saturated rings. The second-order valence-electron chi connectivity index (χ2n) is 11.6. The van der Waals surface area contributed by atoms with E-state index < -0.39 is 0 Å². The molecule has 0 atom stereocenters. The van der Waals surface area contributed by atoms with E-state index in [-0.39, 0.29) is 5.91 Å². The van der Waals surface area contributed by atoms with Crippen molar-refractivity contribution in [3.8, 4) is 11.3 Å². The number of halogens is 1. The van der Waals surface area contributed by atoms with Crippen molar-refractivity contribution in [3.05, 3.63) is 136 Å². The Balaban J connectivity index is 1.07. The third-order valence-electron chi connectivity index (χ3n) is 8.32. The van der Waals surface area contributed by atoms with Crippen LogP contribution >= 0.6 is 11.6 Å². The van der Waals surface area contributed by atoms with Gasteiger partial charge in [-0.25, -0.2) is 5.01 Å². The highest BCUT2D eigenvalue weighted by Gasteiger charge is 2.29. The molecule has 0 unspecified atom stereocenters. The first-order valence-corrected chi connectivity index (χ1v) is 16.0. The smallest absolute Gasteiger partial charge is 0.271 e. The van der Waals surface area contributed by atoms with Crippen LogP contribution in [0.5, 0.6) is 0 Å². The van der Waals surface area contributed by atoms with E-state index in [9.17, 15) is 4.79 Å². The fraction of sp³-hybridized carbons (Fsp3) is 0.278. The summed E-state index contributed by atoms with van der Waals surface area (Å²) in [4.78, 5) is 24.9. The first-order valence-electron chi connectivity index (χ1n) is 15.6. The fourth-order valence-electron chi connectivity index (χ4n) is 5.87. The van der Waals surface area contributed by atoms with Crippen LogP contribution in [0.1, 0.15) is 51.5 Å². The zero-order valence-electron chi connectivity index (χ0n) is 25.9. The number of hydrogen-bond donors (Lipinski definition) is 2. The lowest BCUT2D eigenvalue weighted by Crippen LogP contribution is -2.51. The molecular formula is C36H38ClN7O2. The Labute approximate surface area is 274 Å². The number of aromatic nitrogens is 3. The monoisotopic (exact) mass is 635 g/mol. The molecule has 0 radical (unpaired) electrons. The number of nitrogens with zero attached hydrogens (tertiary/aromatic N) is 5. The van der Waals surface area contributed by atoms with Gasteiger partial charge in [-0.05, 0) is 61.2 Å². The number of carbonyl (C=O) groups excluding carboxylic acids is 1. The van der Waals surface area contributed by atoms with Gasteiger partial charge in [-0.15, -0.1) is 0 Å². The van der Waals surface area contributed by atoms with Crippen LogP contribution in [0.15, 0.2) is 102 Å². The van der Waals surface area contributed by atoms with Gasteiger partial charge in [0, 0.05) is 63.3 Å². The van der Waals surface area contributed by atoms with Crippen molar-refractivity contribution in [2.45, 2.75) is 52.0 Å². The molecule has 6 rings (SSSR count). The molecular weight excluding hydrogens is 598 g/mol. The van der Waals surface area contributed by atoms with E-state index in [4.69, 9.17) is 16.1 Å². The van der Waals surface area contributed by atoms with Crippen LogP contribution in [0, 0.1) is 6.92 Å². The van der Waals surface area contributed by atoms with Crippen molar-refractivity contribution < 1.29 is 9.32 Å². The lowest BCUT2D eigenvalue weighted by atomic mass is 10.0. The van der Waals surface area contributed by atoms with Gasteiger partial charge in [-0.3, -0.25) is 25.1 Å². The van der Waals surface area contributed by atoms with Gasteiger partial charge < -0.3 is 9.84 Å². The summed E-state index contributed by atoms with van der Waals surface area (Å²) in [7, 11) is 0. The quantitative estimate of drug-likeness (QED) is 0.167. The van der Waals surface area contributed by atoms with Gasteiger partial charge in [0.15, 0.2) is 0 Å². The van der Waals surface area contributed by atoms with Crippen LogP contribution in [-0.2, 0) is 26.2 Å². The lowest BCUT2D eigenvalue weighted by molar-refractivity contribution is 0.0548. The molecule has 236 valence electrons. The number of amides is 1. The zero-order valence-corrected chi connectivity index (χ0v) is 26.7. The standard InChI is InChI=1S/C36H38ClN7O2/c1-26-34(35(42-46-26)32-10-2-3-11-33(32)37)36(45)41-44-20-16-31(17-21-44)43(25-30-9-5-7-19-40-30)24-28-14-12-27(13-15-28)22-38-23-29-8-4-6-18-39-29/h2-15,18-19,31,38H,16-17,20-25H2,1H3,(H,41,45). The van der Waals surface area contributed by atoms with Gasteiger partial charge in [0.1, 0.15) is 17.0 Å². The minimum absolute atomic E-state index is 0.243. The Hall–Kier alpha value is -4.41. The molecule has 4 heterocycles. The van der Waals surface area contributed by atoms with E-state index >= 15 is 0 Å². The van der Waals surface area contributed by atoms with E-state index in [1.54, 1.807) is 13.0 Å². The molecule has 1 saturated heterocycles. The van der Waals surface area contributed by atoms with E-state index in [1.165, 1.54) is 11.1 Å². The normalized spacial score (nSPS) is 14.1. The number of hydrogen-bond acceptors (Lipinski definition) is 8. The highest BCUT2D eigenvalue weighted by atomic mass is 35.5. The Bertz CT molecular complexity index is 1710. The predicted octanol–water partition coefficient (Wildman–Crippen LogP) is 6.19. The second kappa shape index (κ2) is 15.2. The highest BCUT2D eigenvalue weighted by Crippen LogP contribution is 2.31. The van der Waals surface area contributed by atoms with E-state index in [1.807, 2.05) is 65.9 Å². The second-order valence-corrected chi connectivity index (χ2v) is 12.0. The van der Waals surface area contributed by atoms with Crippen molar-refractivity contribution in [3.63, 3.8) is 0 Å². The molecule has 3 aromatic heterocycles. The number of rotatable bonds is 12. The number of piperidine rings is 1. The summed E-state index contributed by atoms with van der Waals surface area (Å²) >= 11 is 6.41. The topological polar surface area (TPSA) is 99.4 Å². The summed E-state index contributed by atoms with van der Waals surface area (Å²) < 4.78 is 5.42. The lowest BCUT2D eigenvalue weighted by Gasteiger charge is -2.38. The van der Waals surface area contributed by atoms with Gasteiger partial charge >= 0.3 is 0 Å². The number of carbonyl (C=O) groups is 1. The molecule has 46 heavy (non-hydrogen) atoms. The van der Waals surface area contributed by atoms with Crippen molar-refractivity contribution in [1.29, 1.82) is 0 Å². The van der Waals surface area contributed by atoms with Crippen LogP contribution in [-0.4, -0.2) is 50.1 Å². The Morgan fingerprint density at radius 1 is 0.870 bits per heavy atom. The van der Waals surface area contributed by atoms with Gasteiger partial charge in [-0.2, -0.15) is 0 Å². The molecule has 1 amide bonds. The number of aryl methyl sites for hydroxylation is 1. The van der Waals surface area contributed by atoms with E-state index in [2.05, 4.69) is 61.1 Å². The highest BCUT2D eigenvalue weighted by molar-refractivity contribution is 6.33. The zero-order chi connectivity index (χ0) is 31.7. The van der Waals surface area contributed by atoms with Gasteiger partial charge in [0.05, 0.1) is 16.4 Å². The summed E-state index contributed by atoms with van der Waals surface area (Å²) in [5.41, 5.74) is 9.19. The molecule has 1 aliphatic heterocycles. The first-order chi connectivity index (χ1) is 22.5. The maximum atomic E-state index is 13.4. The summed E-state index contributed by atoms with van der Waals surface area (Å²) in [5, 5.41) is 10.1. The summed E-state index contributed by atoms with van der Waals surface area (Å²) in [6.07, 6.45) is 5.48. The molecule has 2 aromatic carbocycles. The fourth-order valence-corrected chi connectivity index (χ4v) is 6.09. The first kappa shape index (κ1) is 31.6. The molecule has 5 aromatic rings. The molecule has 1 aliphatic rings. The summed E-state index contributed by atoms with van der Waals surface area (Å²) in [6, 6.07) is 28.5. The van der Waals surface area contributed by atoms with Gasteiger partial charge in [-0.1, -0.05) is 71.4 Å². The van der Waals surface area contributed by atoms with Gasteiger partial charge in [0.25, 0.3) is 5.91 Å². The molecule has 10 heteroatoms. The van der Waals surface area contributed by atoms with Crippen molar-refractivity contribution in [1.82, 2.24) is 35.8 Å². The Morgan fingerprint density at radius 2 is 1.54 bits per heavy atom. The number of pyridine rings is 2. The summed E-state index contributed by atoms with van der Waals surface area (Å²) in [5.74, 6) is 0.214. The minimum Gasteiger partial charge on any atom is -0.360 e. The average Bonchev–Trinajstić information content (AvgIpc) is 3.48. The van der Waals surface area contributed by atoms with Crippen LogP contribution in [0.2, 0.25) is 5.02 Å². The van der Waals surface area contributed by atoms with E-state index in [0.717, 1.165) is 63.5 Å². The Kier molecular flexibility index (Phi) is 10.5. The third kappa shape index (κ3) is 8.05. The average molecular weight is 636 g/mol. The largest absolute Gasteiger partial charge is 0.360 e. The Morgan fingerprint density at radius 3 is 2.24 bits per heavy atom. The van der Waals surface area contributed by atoms with Crippen LogP contribution in [0.4, 0.5) is 0 Å². The summed E-state index contributed by atoms with van der Waals surface area (Å²) in [6.45, 7) is 6.29. The van der Waals surface area contributed by atoms with Crippen LogP contribution in [0.3, 0.4) is 0 Å².